The lowest BCUT2D eigenvalue weighted by molar-refractivity contribution is -0.142. The van der Waals surface area contributed by atoms with E-state index in [0.29, 0.717) is 17.9 Å². The van der Waals surface area contributed by atoms with Crippen LogP contribution in [-0.2, 0) is 9.53 Å². The third-order valence-electron chi connectivity index (χ3n) is 3.27. The van der Waals surface area contributed by atoms with Crippen molar-refractivity contribution in [1.29, 1.82) is 5.26 Å². The molecule has 0 saturated carbocycles. The standard InChI is InChI=1S/C18H16BrNO3/c1-3-12(2)22-18(21)14(11-20)10-16-8-9-17(23-16)13-4-6-15(19)7-5-13/h4-10,12H,3H2,1-2H3/b14-10+. The minimum Gasteiger partial charge on any atom is -0.459 e. The maximum absolute atomic E-state index is 11.9. The zero-order chi connectivity index (χ0) is 16.8. The Kier molecular flexibility index (Phi) is 5.78. The van der Waals surface area contributed by atoms with Gasteiger partial charge in [-0.2, -0.15) is 5.26 Å². The first-order valence-corrected chi connectivity index (χ1v) is 8.01. The number of esters is 1. The Morgan fingerprint density at radius 2 is 2.04 bits per heavy atom. The van der Waals surface area contributed by atoms with Gasteiger partial charge in [0.1, 0.15) is 23.2 Å². The van der Waals surface area contributed by atoms with Gasteiger partial charge in [-0.15, -0.1) is 0 Å². The lowest BCUT2D eigenvalue weighted by Gasteiger charge is -2.09. The lowest BCUT2D eigenvalue weighted by Crippen LogP contribution is -2.15. The maximum atomic E-state index is 11.9. The molecule has 118 valence electrons. The van der Waals surface area contributed by atoms with Crippen molar-refractivity contribution in [3.8, 4) is 17.4 Å². The largest absolute Gasteiger partial charge is 0.459 e. The van der Waals surface area contributed by atoms with Crippen LogP contribution in [0.5, 0.6) is 0 Å². The minimum absolute atomic E-state index is 0.0815. The Hall–Kier alpha value is -2.32. The monoisotopic (exact) mass is 373 g/mol. The summed E-state index contributed by atoms with van der Waals surface area (Å²) in [5, 5.41) is 9.13. The van der Waals surface area contributed by atoms with Crippen LogP contribution in [0.15, 0.2) is 50.9 Å². The summed E-state index contributed by atoms with van der Waals surface area (Å²) >= 11 is 3.38. The van der Waals surface area contributed by atoms with E-state index in [1.165, 1.54) is 6.08 Å². The third-order valence-corrected chi connectivity index (χ3v) is 3.79. The van der Waals surface area contributed by atoms with E-state index in [4.69, 9.17) is 14.4 Å². The summed E-state index contributed by atoms with van der Waals surface area (Å²) in [5.74, 6) is 0.459. The fraction of sp³-hybridized carbons (Fsp3) is 0.222. The maximum Gasteiger partial charge on any atom is 0.349 e. The van der Waals surface area contributed by atoms with Crippen LogP contribution < -0.4 is 0 Å². The molecular weight excluding hydrogens is 358 g/mol. The molecule has 2 rings (SSSR count). The second-order valence-electron chi connectivity index (χ2n) is 5.00. The topological polar surface area (TPSA) is 63.2 Å². The van der Waals surface area contributed by atoms with Crippen molar-refractivity contribution in [3.63, 3.8) is 0 Å². The van der Waals surface area contributed by atoms with E-state index in [0.717, 1.165) is 10.0 Å². The van der Waals surface area contributed by atoms with Crippen molar-refractivity contribution >= 4 is 28.0 Å². The van der Waals surface area contributed by atoms with Crippen molar-refractivity contribution in [2.24, 2.45) is 0 Å². The number of carbonyl (C=O) groups is 1. The van der Waals surface area contributed by atoms with Crippen LogP contribution in [0.1, 0.15) is 26.0 Å². The predicted octanol–water partition coefficient (Wildman–Crippen LogP) is 4.96. The van der Waals surface area contributed by atoms with Crippen LogP contribution >= 0.6 is 15.9 Å². The van der Waals surface area contributed by atoms with Crippen molar-refractivity contribution in [3.05, 3.63) is 52.2 Å². The number of halogens is 1. The Morgan fingerprint density at radius 3 is 2.65 bits per heavy atom. The average Bonchev–Trinajstić information content (AvgIpc) is 3.01. The molecule has 4 nitrogen and oxygen atoms in total. The number of carbonyl (C=O) groups excluding carboxylic acids is 1. The van der Waals surface area contributed by atoms with Gasteiger partial charge in [0.2, 0.25) is 0 Å². The zero-order valence-corrected chi connectivity index (χ0v) is 14.5. The van der Waals surface area contributed by atoms with E-state index in [-0.39, 0.29) is 11.7 Å². The van der Waals surface area contributed by atoms with Gasteiger partial charge in [-0.25, -0.2) is 4.79 Å². The lowest BCUT2D eigenvalue weighted by atomic mass is 10.2. The molecule has 1 aromatic carbocycles. The van der Waals surface area contributed by atoms with Crippen LogP contribution in [-0.4, -0.2) is 12.1 Å². The Labute approximate surface area is 143 Å². The number of nitrogens with zero attached hydrogens (tertiary/aromatic N) is 1. The minimum atomic E-state index is -0.636. The molecule has 0 aliphatic carbocycles. The van der Waals surface area contributed by atoms with Crippen LogP contribution in [0.2, 0.25) is 0 Å². The molecule has 1 aromatic heterocycles. The van der Waals surface area contributed by atoms with Crippen LogP contribution in [0.3, 0.4) is 0 Å². The number of benzene rings is 1. The summed E-state index contributed by atoms with van der Waals surface area (Å²) in [6.07, 6.45) is 1.86. The predicted molar refractivity (Wildman–Crippen MR) is 91.3 cm³/mol. The van der Waals surface area contributed by atoms with Gasteiger partial charge in [-0.3, -0.25) is 0 Å². The molecule has 1 unspecified atom stereocenters. The molecule has 0 saturated heterocycles. The zero-order valence-electron chi connectivity index (χ0n) is 12.9. The van der Waals surface area contributed by atoms with Crippen molar-refractivity contribution < 1.29 is 13.9 Å². The van der Waals surface area contributed by atoms with E-state index in [9.17, 15) is 4.79 Å². The Bertz CT molecular complexity index is 753. The van der Waals surface area contributed by atoms with E-state index < -0.39 is 5.97 Å². The molecule has 1 heterocycles. The highest BCUT2D eigenvalue weighted by Gasteiger charge is 2.15. The molecule has 23 heavy (non-hydrogen) atoms. The highest BCUT2D eigenvalue weighted by Crippen LogP contribution is 2.25. The van der Waals surface area contributed by atoms with Gasteiger partial charge < -0.3 is 9.15 Å². The fourth-order valence-electron chi connectivity index (χ4n) is 1.81. The summed E-state index contributed by atoms with van der Waals surface area (Å²) in [6, 6.07) is 13.0. The van der Waals surface area contributed by atoms with E-state index in [1.807, 2.05) is 37.3 Å². The van der Waals surface area contributed by atoms with Crippen molar-refractivity contribution in [2.75, 3.05) is 0 Å². The molecule has 0 bridgehead atoms. The van der Waals surface area contributed by atoms with Gasteiger partial charge in [0.25, 0.3) is 0 Å². The number of rotatable bonds is 5. The van der Waals surface area contributed by atoms with E-state index in [1.54, 1.807) is 19.1 Å². The first kappa shape index (κ1) is 17.0. The van der Waals surface area contributed by atoms with Crippen LogP contribution in [0.25, 0.3) is 17.4 Å². The normalized spacial score (nSPS) is 12.5. The molecule has 1 atom stereocenters. The summed E-state index contributed by atoms with van der Waals surface area (Å²) in [4.78, 5) is 11.9. The molecule has 5 heteroatoms. The molecule has 0 fully saturated rings. The Balaban J connectivity index is 2.20. The summed E-state index contributed by atoms with van der Waals surface area (Å²) in [7, 11) is 0. The van der Waals surface area contributed by atoms with Crippen molar-refractivity contribution in [1.82, 2.24) is 0 Å². The van der Waals surface area contributed by atoms with Gasteiger partial charge in [0.15, 0.2) is 0 Å². The molecular formula is C18H16BrNO3. The van der Waals surface area contributed by atoms with Gasteiger partial charge in [0, 0.05) is 16.1 Å². The molecule has 0 radical (unpaired) electrons. The number of ether oxygens (including phenoxy) is 1. The number of hydrogen-bond acceptors (Lipinski definition) is 4. The van der Waals surface area contributed by atoms with Gasteiger partial charge in [0.05, 0.1) is 6.10 Å². The third kappa shape index (κ3) is 4.57. The van der Waals surface area contributed by atoms with Crippen LogP contribution in [0, 0.1) is 11.3 Å². The molecule has 0 N–H and O–H groups in total. The summed E-state index contributed by atoms with van der Waals surface area (Å²) in [6.45, 7) is 3.69. The van der Waals surface area contributed by atoms with Crippen LogP contribution in [0.4, 0.5) is 0 Å². The SMILES string of the molecule is CCC(C)OC(=O)/C(C#N)=C/c1ccc(-c2ccc(Br)cc2)o1. The van der Waals surface area contributed by atoms with Gasteiger partial charge in [-0.05, 0) is 37.6 Å². The van der Waals surface area contributed by atoms with Crippen molar-refractivity contribution in [2.45, 2.75) is 26.4 Å². The number of nitriles is 1. The van der Waals surface area contributed by atoms with E-state index >= 15 is 0 Å². The molecule has 0 aliphatic rings. The molecule has 2 aromatic rings. The smallest absolute Gasteiger partial charge is 0.349 e. The fourth-order valence-corrected chi connectivity index (χ4v) is 2.07. The first-order chi connectivity index (χ1) is 11.0. The highest BCUT2D eigenvalue weighted by atomic mass is 79.9. The summed E-state index contributed by atoms with van der Waals surface area (Å²) < 4.78 is 11.8. The highest BCUT2D eigenvalue weighted by molar-refractivity contribution is 9.10. The Morgan fingerprint density at radius 1 is 1.35 bits per heavy atom. The number of hydrogen-bond donors (Lipinski definition) is 0. The second-order valence-corrected chi connectivity index (χ2v) is 5.92. The quantitative estimate of drug-likeness (QED) is 0.422. The van der Waals surface area contributed by atoms with E-state index in [2.05, 4.69) is 15.9 Å². The number of furan rings is 1. The van der Waals surface area contributed by atoms with Gasteiger partial charge in [-0.1, -0.05) is 35.0 Å². The molecule has 0 aliphatic heterocycles. The second kappa shape index (κ2) is 7.80. The first-order valence-electron chi connectivity index (χ1n) is 7.22. The molecule has 0 spiro atoms. The molecule has 0 amide bonds. The van der Waals surface area contributed by atoms with Gasteiger partial charge >= 0.3 is 5.97 Å². The summed E-state index contributed by atoms with van der Waals surface area (Å²) in [5.41, 5.74) is 0.829. The average molecular weight is 374 g/mol.